The van der Waals surface area contributed by atoms with Crippen LogP contribution >= 0.6 is 0 Å². The Morgan fingerprint density at radius 2 is 1.62 bits per heavy atom. The van der Waals surface area contributed by atoms with Crippen molar-refractivity contribution in [2.75, 3.05) is 6.61 Å². The number of nitrogens with two attached hydrogens (primary N) is 1. The second kappa shape index (κ2) is 4.97. The zero-order chi connectivity index (χ0) is 10.6. The molecule has 2 heteroatoms. The largest absolute Gasteiger partial charge is 0.377 e. The van der Waals surface area contributed by atoms with E-state index in [1.807, 2.05) is 0 Å². The van der Waals surface area contributed by atoms with Crippen LogP contribution in [-0.4, -0.2) is 18.8 Å². The van der Waals surface area contributed by atoms with Crippen LogP contribution in [0.3, 0.4) is 0 Å². The summed E-state index contributed by atoms with van der Waals surface area (Å²) in [6, 6.07) is 0.119. The van der Waals surface area contributed by atoms with Crippen LogP contribution in [0.5, 0.6) is 0 Å². The Labute approximate surface area is 82.8 Å². The molecule has 13 heavy (non-hydrogen) atoms. The zero-order valence-corrected chi connectivity index (χ0v) is 9.92. The molecule has 0 aliphatic carbocycles. The molecule has 0 saturated heterocycles. The van der Waals surface area contributed by atoms with Crippen LogP contribution < -0.4 is 5.73 Å². The molecule has 0 saturated carbocycles. The molecule has 0 aromatic heterocycles. The second-order valence-electron chi connectivity index (χ2n) is 5.25. The van der Waals surface area contributed by atoms with Crippen molar-refractivity contribution in [3.05, 3.63) is 0 Å². The van der Waals surface area contributed by atoms with Gasteiger partial charge in [0.15, 0.2) is 0 Å². The lowest BCUT2D eigenvalue weighted by Gasteiger charge is -2.28. The number of hydrogen-bond acceptors (Lipinski definition) is 2. The maximum Gasteiger partial charge on any atom is 0.0626 e. The fourth-order valence-electron chi connectivity index (χ4n) is 0.698. The second-order valence-corrected chi connectivity index (χ2v) is 5.25. The van der Waals surface area contributed by atoms with Crippen molar-refractivity contribution in [3.8, 4) is 0 Å². The number of rotatable bonds is 4. The highest BCUT2D eigenvalue weighted by Crippen LogP contribution is 2.18. The average molecular weight is 187 g/mol. The van der Waals surface area contributed by atoms with E-state index in [0.717, 1.165) is 0 Å². The molecule has 0 rings (SSSR count). The number of hydrogen-bond donors (Lipinski definition) is 1. The molecule has 0 aliphatic heterocycles. The van der Waals surface area contributed by atoms with Crippen molar-refractivity contribution < 1.29 is 4.74 Å². The molecule has 0 bridgehead atoms. The highest BCUT2D eigenvalue weighted by Gasteiger charge is 2.21. The Bertz CT molecular complexity index is 138. The summed E-state index contributed by atoms with van der Waals surface area (Å²) in [5.74, 6) is 0.562. The molecule has 0 amide bonds. The summed E-state index contributed by atoms with van der Waals surface area (Å²) in [6.45, 7) is 13.5. The third-order valence-corrected chi connectivity index (χ3v) is 2.59. The Kier molecular flexibility index (Phi) is 4.93. The van der Waals surface area contributed by atoms with Gasteiger partial charge >= 0.3 is 0 Å². The van der Waals surface area contributed by atoms with E-state index >= 15 is 0 Å². The van der Waals surface area contributed by atoms with Crippen molar-refractivity contribution in [1.82, 2.24) is 0 Å². The minimum atomic E-state index is 0.119. The van der Waals surface area contributed by atoms with Crippen molar-refractivity contribution in [2.45, 2.75) is 53.7 Å². The zero-order valence-electron chi connectivity index (χ0n) is 9.92. The third kappa shape index (κ3) is 5.27. The summed E-state index contributed by atoms with van der Waals surface area (Å²) in [5.41, 5.74) is 6.11. The predicted octanol–water partition coefficient (Wildman–Crippen LogP) is 2.42. The van der Waals surface area contributed by atoms with Crippen molar-refractivity contribution >= 4 is 0 Å². The molecule has 2 atom stereocenters. The first-order valence-corrected chi connectivity index (χ1v) is 5.12. The van der Waals surface area contributed by atoms with Gasteiger partial charge in [0, 0.05) is 6.04 Å². The minimum Gasteiger partial charge on any atom is -0.377 e. The van der Waals surface area contributed by atoms with E-state index < -0.39 is 0 Å². The van der Waals surface area contributed by atoms with E-state index in [0.29, 0.717) is 18.6 Å². The number of ether oxygens (including phenoxy) is 1. The van der Waals surface area contributed by atoms with Crippen LogP contribution in [0, 0.1) is 11.3 Å². The van der Waals surface area contributed by atoms with E-state index in [1.54, 1.807) is 0 Å². The first kappa shape index (κ1) is 12.9. The van der Waals surface area contributed by atoms with E-state index in [9.17, 15) is 0 Å². The molecule has 2 unspecified atom stereocenters. The first-order chi connectivity index (χ1) is 5.75. The molecule has 0 aromatic carbocycles. The third-order valence-electron chi connectivity index (χ3n) is 2.59. The molecule has 0 aliphatic rings. The molecule has 0 aromatic rings. The van der Waals surface area contributed by atoms with Crippen molar-refractivity contribution in [1.29, 1.82) is 0 Å². The fraction of sp³-hybridized carbons (Fsp3) is 1.00. The summed E-state index contributed by atoms with van der Waals surface area (Å²) in [6.07, 6.45) is 0.299. The lowest BCUT2D eigenvalue weighted by Crippen LogP contribution is -2.40. The molecule has 0 radical (unpaired) electrons. The van der Waals surface area contributed by atoms with E-state index in [2.05, 4.69) is 41.5 Å². The quantitative estimate of drug-likeness (QED) is 0.733. The summed E-state index contributed by atoms with van der Waals surface area (Å²) in [4.78, 5) is 0. The maximum atomic E-state index is 5.97. The van der Waals surface area contributed by atoms with Crippen LogP contribution in [0.25, 0.3) is 0 Å². The Morgan fingerprint density at radius 1 is 1.15 bits per heavy atom. The van der Waals surface area contributed by atoms with E-state index in [1.165, 1.54) is 0 Å². The standard InChI is InChI=1S/C11H25NO/c1-8(2)9(3)13-7-10(12)11(4,5)6/h8-10H,7,12H2,1-6H3. The van der Waals surface area contributed by atoms with Gasteiger partial charge in [-0.25, -0.2) is 0 Å². The summed E-state index contributed by atoms with van der Waals surface area (Å²) >= 11 is 0. The normalized spacial score (nSPS) is 17.5. The Hall–Kier alpha value is -0.0800. The van der Waals surface area contributed by atoms with Gasteiger partial charge in [-0.3, -0.25) is 0 Å². The van der Waals surface area contributed by atoms with Crippen LogP contribution in [0.4, 0.5) is 0 Å². The summed E-state index contributed by atoms with van der Waals surface area (Å²) < 4.78 is 5.67. The van der Waals surface area contributed by atoms with Gasteiger partial charge in [0.05, 0.1) is 12.7 Å². The summed E-state index contributed by atoms with van der Waals surface area (Å²) in [7, 11) is 0. The van der Waals surface area contributed by atoms with Crippen LogP contribution in [0.1, 0.15) is 41.5 Å². The smallest absolute Gasteiger partial charge is 0.0626 e. The van der Waals surface area contributed by atoms with Crippen LogP contribution in [-0.2, 0) is 4.74 Å². The van der Waals surface area contributed by atoms with Gasteiger partial charge < -0.3 is 10.5 Å². The molecule has 2 nitrogen and oxygen atoms in total. The van der Waals surface area contributed by atoms with Gasteiger partial charge in [-0.2, -0.15) is 0 Å². The Balaban J connectivity index is 3.77. The molecule has 0 fully saturated rings. The van der Waals surface area contributed by atoms with Gasteiger partial charge in [0.1, 0.15) is 0 Å². The first-order valence-electron chi connectivity index (χ1n) is 5.12. The molecule has 80 valence electrons. The van der Waals surface area contributed by atoms with Crippen LogP contribution in [0.15, 0.2) is 0 Å². The molecule has 0 spiro atoms. The van der Waals surface area contributed by atoms with Gasteiger partial charge in [-0.05, 0) is 18.3 Å². The Morgan fingerprint density at radius 3 is 1.92 bits per heavy atom. The summed E-state index contributed by atoms with van der Waals surface area (Å²) in [5, 5.41) is 0. The fourth-order valence-corrected chi connectivity index (χ4v) is 0.698. The molecular weight excluding hydrogens is 162 g/mol. The van der Waals surface area contributed by atoms with Gasteiger partial charge in [0.2, 0.25) is 0 Å². The maximum absolute atomic E-state index is 5.97. The lowest BCUT2D eigenvalue weighted by atomic mass is 9.88. The minimum absolute atomic E-state index is 0.119. The molecular formula is C11H25NO. The highest BCUT2D eigenvalue weighted by atomic mass is 16.5. The SMILES string of the molecule is CC(C)C(C)OCC(N)C(C)(C)C. The van der Waals surface area contributed by atoms with Gasteiger partial charge in [0.25, 0.3) is 0 Å². The molecule has 2 N–H and O–H groups in total. The highest BCUT2D eigenvalue weighted by molar-refractivity contribution is 4.76. The predicted molar refractivity (Wildman–Crippen MR) is 57.7 cm³/mol. The van der Waals surface area contributed by atoms with Crippen LogP contribution in [0.2, 0.25) is 0 Å². The van der Waals surface area contributed by atoms with Gasteiger partial charge in [-0.1, -0.05) is 34.6 Å². The lowest BCUT2D eigenvalue weighted by molar-refractivity contribution is 0.0117. The van der Waals surface area contributed by atoms with Crippen molar-refractivity contribution in [2.24, 2.45) is 17.1 Å². The van der Waals surface area contributed by atoms with Crippen molar-refractivity contribution in [3.63, 3.8) is 0 Å². The monoisotopic (exact) mass is 187 g/mol. The van der Waals surface area contributed by atoms with E-state index in [4.69, 9.17) is 10.5 Å². The van der Waals surface area contributed by atoms with Gasteiger partial charge in [-0.15, -0.1) is 0 Å². The average Bonchev–Trinajstić information content (AvgIpc) is 1.97. The topological polar surface area (TPSA) is 35.2 Å². The van der Waals surface area contributed by atoms with E-state index in [-0.39, 0.29) is 11.5 Å². The molecule has 0 heterocycles.